The standard InChI is InChI=1S/C12H8N4O5.C12H10N2O.C6H7N.CH4O.ClH/c13-12(17)8-3-5-14(6-4-8)10-2-1-9(15(18)19)7-11(10)16(20)21;13-12(15)10-6-8-14(9-7-10)11-4-2-1-3-5-11;7-6-4-2-1-3-5-6;1-2;/h1-7H,(H-,13,17);1-9H,(H-,13,15);1-5H,7H2;2H,1H3;1H/p+1. The molecule has 46 heavy (non-hydrogen) atoms. The van der Waals surface area contributed by atoms with Gasteiger partial charge in [0.15, 0.2) is 24.8 Å². The van der Waals surface area contributed by atoms with Crippen molar-refractivity contribution >= 4 is 28.9 Å². The lowest BCUT2D eigenvalue weighted by molar-refractivity contribution is -0.601. The lowest BCUT2D eigenvalue weighted by Gasteiger charge is -1.99. The summed E-state index contributed by atoms with van der Waals surface area (Å²) in [4.78, 5) is 42.1. The minimum absolute atomic E-state index is 0. The van der Waals surface area contributed by atoms with Crippen LogP contribution in [0.1, 0.15) is 20.7 Å². The summed E-state index contributed by atoms with van der Waals surface area (Å²) in [6.45, 7) is 0. The predicted molar refractivity (Wildman–Crippen MR) is 165 cm³/mol. The summed E-state index contributed by atoms with van der Waals surface area (Å²) in [7, 11) is 1.00. The number of hydrogen-bond acceptors (Lipinski definition) is 8. The van der Waals surface area contributed by atoms with Gasteiger partial charge in [-0.2, -0.15) is 9.13 Å². The number of anilines is 1. The van der Waals surface area contributed by atoms with Gasteiger partial charge < -0.3 is 34.7 Å². The molecule has 0 aliphatic carbocycles. The number of hydrogen-bond donors (Lipinski definition) is 4. The number of nitro benzene ring substituents is 2. The molecule has 0 radical (unpaired) electrons. The third-order valence-corrected chi connectivity index (χ3v) is 5.73. The van der Waals surface area contributed by atoms with Crippen LogP contribution in [0.4, 0.5) is 17.1 Å². The number of benzene rings is 3. The van der Waals surface area contributed by atoms with Crippen molar-refractivity contribution in [3.8, 4) is 11.4 Å². The summed E-state index contributed by atoms with van der Waals surface area (Å²) >= 11 is 0. The quantitative estimate of drug-likeness (QED) is 0.0834. The van der Waals surface area contributed by atoms with Crippen LogP contribution in [0.3, 0.4) is 0 Å². The van der Waals surface area contributed by atoms with Crippen LogP contribution in [0.2, 0.25) is 0 Å². The molecular weight excluding hydrogens is 618 g/mol. The number of aromatic nitrogens is 2. The van der Waals surface area contributed by atoms with Gasteiger partial charge in [-0.1, -0.05) is 36.4 Å². The third-order valence-electron chi connectivity index (χ3n) is 5.73. The lowest BCUT2D eigenvalue weighted by Crippen LogP contribution is -3.00. The number of carbonyl (C=O) groups excluding carboxylic acids is 2. The first-order valence-corrected chi connectivity index (χ1v) is 12.9. The van der Waals surface area contributed by atoms with Gasteiger partial charge in [0.1, 0.15) is 6.07 Å². The molecule has 3 aromatic carbocycles. The molecule has 238 valence electrons. The van der Waals surface area contributed by atoms with Crippen molar-refractivity contribution in [1.29, 1.82) is 0 Å². The second kappa shape index (κ2) is 19.1. The van der Waals surface area contributed by atoms with Crippen molar-refractivity contribution in [2.24, 2.45) is 11.5 Å². The van der Waals surface area contributed by atoms with Gasteiger partial charge in [0, 0.05) is 61.3 Å². The molecule has 5 rings (SSSR count). The van der Waals surface area contributed by atoms with E-state index in [1.807, 2.05) is 77.6 Å². The molecule has 0 bridgehead atoms. The van der Waals surface area contributed by atoms with E-state index in [1.54, 1.807) is 12.1 Å². The number of pyridine rings is 2. The van der Waals surface area contributed by atoms with Crippen LogP contribution in [0.15, 0.2) is 128 Å². The normalized spacial score (nSPS) is 9.26. The van der Waals surface area contributed by atoms with Gasteiger partial charge in [0.2, 0.25) is 17.5 Å². The van der Waals surface area contributed by atoms with Gasteiger partial charge in [0.25, 0.3) is 11.4 Å². The average Bonchev–Trinajstić information content (AvgIpc) is 3.07. The Morgan fingerprint density at radius 2 is 1.09 bits per heavy atom. The highest BCUT2D eigenvalue weighted by molar-refractivity contribution is 5.92. The number of amides is 2. The number of primary amides is 2. The fraction of sp³-hybridized carbons (Fsp3) is 0.0323. The summed E-state index contributed by atoms with van der Waals surface area (Å²) in [6, 6.07) is 28.9. The maximum absolute atomic E-state index is 11.0. The van der Waals surface area contributed by atoms with Crippen LogP contribution < -0.4 is 38.7 Å². The van der Waals surface area contributed by atoms with E-state index in [9.17, 15) is 29.8 Å². The van der Waals surface area contributed by atoms with E-state index in [4.69, 9.17) is 22.3 Å². The van der Waals surface area contributed by atoms with Gasteiger partial charge in [-0.15, -0.1) is 0 Å². The number of rotatable bonds is 6. The molecule has 0 unspecified atom stereocenters. The second-order valence-electron chi connectivity index (χ2n) is 8.65. The number of carbonyl (C=O) groups is 2. The van der Waals surface area contributed by atoms with Crippen LogP contribution in [0.25, 0.3) is 11.4 Å². The number of nitro groups is 2. The first kappa shape index (κ1) is 37.8. The SMILES string of the molecule is CO.NC(=O)c1cc[n+](-c2ccc([N+](=O)[O-])cc2[N+](=O)[O-])cc1.NC(=O)c1cc[n+](-c2ccccc2)cc1.Nc1ccccc1.[Cl-]. The number of aliphatic hydroxyl groups is 1. The molecule has 0 aliphatic heterocycles. The molecule has 7 N–H and O–H groups in total. The number of non-ortho nitro benzene ring substituents is 1. The Kier molecular flexibility index (Phi) is 15.7. The monoisotopic (exact) mass is 648 g/mol. The van der Waals surface area contributed by atoms with Gasteiger partial charge in [-0.3, -0.25) is 29.8 Å². The van der Waals surface area contributed by atoms with E-state index in [-0.39, 0.29) is 29.3 Å². The smallest absolute Gasteiger partial charge is 0.347 e. The molecule has 2 heterocycles. The van der Waals surface area contributed by atoms with Crippen LogP contribution in [-0.2, 0) is 0 Å². The highest BCUT2D eigenvalue weighted by atomic mass is 35.5. The van der Waals surface area contributed by atoms with E-state index >= 15 is 0 Å². The van der Waals surface area contributed by atoms with Crippen LogP contribution in [-0.4, -0.2) is 33.9 Å². The zero-order valence-corrected chi connectivity index (χ0v) is 25.2. The van der Waals surface area contributed by atoms with Crippen molar-refractivity contribution in [2.45, 2.75) is 0 Å². The molecule has 0 fully saturated rings. The van der Waals surface area contributed by atoms with E-state index < -0.39 is 27.3 Å². The highest BCUT2D eigenvalue weighted by Gasteiger charge is 2.26. The van der Waals surface area contributed by atoms with Crippen LogP contribution in [0.5, 0.6) is 0 Å². The maximum Gasteiger partial charge on any atom is 0.347 e. The summed E-state index contributed by atoms with van der Waals surface area (Å²) < 4.78 is 3.29. The summed E-state index contributed by atoms with van der Waals surface area (Å²) in [5.74, 6) is -1.03. The summed E-state index contributed by atoms with van der Waals surface area (Å²) in [6.07, 6.45) is 6.45. The number of halogens is 1. The van der Waals surface area contributed by atoms with Crippen molar-refractivity contribution in [1.82, 2.24) is 0 Å². The molecule has 2 amide bonds. The Hall–Kier alpha value is -6.25. The van der Waals surface area contributed by atoms with E-state index in [0.29, 0.717) is 5.56 Å². The van der Waals surface area contributed by atoms with Crippen molar-refractivity contribution in [2.75, 3.05) is 12.8 Å². The predicted octanol–water partition coefficient (Wildman–Crippen LogP) is -0.178. The largest absolute Gasteiger partial charge is 1.00 e. The zero-order valence-electron chi connectivity index (χ0n) is 24.4. The summed E-state index contributed by atoms with van der Waals surface area (Å²) in [5, 5.41) is 28.7. The first-order chi connectivity index (χ1) is 21.6. The molecule has 0 saturated carbocycles. The summed E-state index contributed by atoms with van der Waals surface area (Å²) in [5.41, 5.74) is 17.6. The minimum atomic E-state index is -0.711. The molecule has 2 aromatic heterocycles. The fourth-order valence-electron chi connectivity index (χ4n) is 3.56. The van der Waals surface area contributed by atoms with Gasteiger partial charge >= 0.3 is 5.69 Å². The topological polar surface area (TPSA) is 226 Å². The number of nitrogens with zero attached hydrogens (tertiary/aromatic N) is 4. The minimum Gasteiger partial charge on any atom is -1.00 e. The molecule has 0 aliphatic rings. The Bertz CT molecular complexity index is 1720. The van der Waals surface area contributed by atoms with Crippen LogP contribution in [0, 0.1) is 20.2 Å². The Morgan fingerprint density at radius 1 is 0.652 bits per heavy atom. The molecule has 0 spiro atoms. The molecular formula is C31H31ClN7O7+. The number of aliphatic hydroxyl groups excluding tert-OH is 1. The number of nitrogens with two attached hydrogens (primary N) is 3. The zero-order chi connectivity index (χ0) is 33.4. The number of para-hydroxylation sites is 2. The van der Waals surface area contributed by atoms with Gasteiger partial charge in [-0.25, -0.2) is 0 Å². The molecule has 0 atom stereocenters. The fourth-order valence-corrected chi connectivity index (χ4v) is 3.56. The van der Waals surface area contributed by atoms with E-state index in [1.165, 1.54) is 35.2 Å². The Morgan fingerprint density at radius 3 is 1.46 bits per heavy atom. The average molecular weight is 649 g/mol. The molecule has 15 heteroatoms. The second-order valence-corrected chi connectivity index (χ2v) is 8.65. The lowest BCUT2D eigenvalue weighted by atomic mass is 10.2. The van der Waals surface area contributed by atoms with Gasteiger partial charge in [-0.05, 0) is 12.1 Å². The van der Waals surface area contributed by atoms with E-state index in [0.717, 1.165) is 30.6 Å². The first-order valence-electron chi connectivity index (χ1n) is 12.9. The Labute approximate surface area is 269 Å². The van der Waals surface area contributed by atoms with Crippen molar-refractivity contribution in [3.05, 3.63) is 159 Å². The highest BCUT2D eigenvalue weighted by Crippen LogP contribution is 2.24. The van der Waals surface area contributed by atoms with Gasteiger partial charge in [0.05, 0.1) is 21.0 Å². The molecule has 5 aromatic rings. The number of nitrogen functional groups attached to an aromatic ring is 1. The van der Waals surface area contributed by atoms with E-state index in [2.05, 4.69) is 0 Å². The molecule has 14 nitrogen and oxygen atoms in total. The third kappa shape index (κ3) is 11.4. The van der Waals surface area contributed by atoms with Crippen LogP contribution >= 0.6 is 0 Å². The van der Waals surface area contributed by atoms with Crippen molar-refractivity contribution < 1.29 is 46.1 Å². The maximum atomic E-state index is 11.0. The Balaban J connectivity index is 0.000000368. The van der Waals surface area contributed by atoms with Crippen molar-refractivity contribution in [3.63, 3.8) is 0 Å². The molecule has 0 saturated heterocycles.